The Labute approximate surface area is 86.7 Å². The average molecular weight is 195 g/mol. The van der Waals surface area contributed by atoms with Crippen LogP contribution in [0, 0.1) is 11.8 Å². The van der Waals surface area contributed by atoms with Crippen LogP contribution in [0.4, 0.5) is 0 Å². The minimum atomic E-state index is 0.356. The van der Waals surface area contributed by atoms with Gasteiger partial charge in [0.1, 0.15) is 0 Å². The van der Waals surface area contributed by atoms with Crippen LogP contribution in [0.25, 0.3) is 0 Å². The number of carbonyl (C=O) groups is 1. The number of amides is 1. The van der Waals surface area contributed by atoms with E-state index < -0.39 is 0 Å². The van der Waals surface area contributed by atoms with Crippen molar-refractivity contribution in [1.29, 1.82) is 0 Å². The maximum absolute atomic E-state index is 11.6. The van der Waals surface area contributed by atoms with Gasteiger partial charge in [0.05, 0.1) is 0 Å². The fourth-order valence-electron chi connectivity index (χ4n) is 3.05. The third kappa shape index (κ3) is 1.94. The molecule has 0 spiro atoms. The Kier molecular flexibility index (Phi) is 3.09. The van der Waals surface area contributed by atoms with Gasteiger partial charge in [0.25, 0.3) is 0 Å². The van der Waals surface area contributed by atoms with E-state index >= 15 is 0 Å². The number of rotatable bonds is 1. The van der Waals surface area contributed by atoms with Crippen molar-refractivity contribution in [1.82, 2.24) is 4.90 Å². The van der Waals surface area contributed by atoms with Gasteiger partial charge in [-0.3, -0.25) is 4.79 Å². The Morgan fingerprint density at radius 2 is 1.93 bits per heavy atom. The van der Waals surface area contributed by atoms with Crippen molar-refractivity contribution in [2.24, 2.45) is 11.8 Å². The molecular weight excluding hydrogens is 174 g/mol. The second kappa shape index (κ2) is 4.33. The van der Waals surface area contributed by atoms with Gasteiger partial charge in [0.15, 0.2) is 0 Å². The van der Waals surface area contributed by atoms with E-state index in [2.05, 4.69) is 4.90 Å². The monoisotopic (exact) mass is 195 g/mol. The molecule has 1 saturated heterocycles. The third-order valence-electron chi connectivity index (χ3n) is 3.95. The maximum Gasteiger partial charge on any atom is 0.222 e. The summed E-state index contributed by atoms with van der Waals surface area (Å²) in [7, 11) is 0. The molecule has 2 heteroatoms. The van der Waals surface area contributed by atoms with Crippen molar-refractivity contribution in [2.45, 2.75) is 45.4 Å². The Balaban J connectivity index is 1.92. The molecular formula is C12H21NO. The van der Waals surface area contributed by atoms with Gasteiger partial charge in [-0.1, -0.05) is 26.2 Å². The van der Waals surface area contributed by atoms with Crippen molar-refractivity contribution in [3.63, 3.8) is 0 Å². The number of fused-ring (bicyclic) bond motifs is 1. The van der Waals surface area contributed by atoms with Gasteiger partial charge in [0.2, 0.25) is 5.91 Å². The Hall–Kier alpha value is -0.530. The molecule has 0 aromatic rings. The van der Waals surface area contributed by atoms with Gasteiger partial charge in [-0.15, -0.1) is 0 Å². The van der Waals surface area contributed by atoms with Gasteiger partial charge in [-0.05, 0) is 24.7 Å². The van der Waals surface area contributed by atoms with Crippen LogP contribution in [0.3, 0.4) is 0 Å². The topological polar surface area (TPSA) is 20.3 Å². The van der Waals surface area contributed by atoms with Crippen LogP contribution in [0.5, 0.6) is 0 Å². The largest absolute Gasteiger partial charge is 0.342 e. The highest BCUT2D eigenvalue weighted by Crippen LogP contribution is 2.36. The minimum Gasteiger partial charge on any atom is -0.342 e. The SMILES string of the molecule is CCC(=O)N1CC[C@@H]2CCCC[C@@H]2C1. The summed E-state index contributed by atoms with van der Waals surface area (Å²) in [6.07, 6.45) is 7.52. The molecule has 0 aromatic heterocycles. The molecule has 1 aliphatic heterocycles. The van der Waals surface area contributed by atoms with E-state index in [4.69, 9.17) is 0 Å². The first-order valence-corrected chi connectivity index (χ1v) is 6.09. The fraction of sp³-hybridized carbons (Fsp3) is 0.917. The second-order valence-electron chi connectivity index (χ2n) is 4.79. The van der Waals surface area contributed by atoms with Crippen molar-refractivity contribution in [2.75, 3.05) is 13.1 Å². The first kappa shape index (κ1) is 10.0. The summed E-state index contributed by atoms with van der Waals surface area (Å²) >= 11 is 0. The Bertz CT molecular complexity index is 214. The normalized spacial score (nSPS) is 32.5. The van der Waals surface area contributed by atoms with E-state index in [1.807, 2.05) is 6.92 Å². The zero-order chi connectivity index (χ0) is 9.97. The highest BCUT2D eigenvalue weighted by atomic mass is 16.2. The van der Waals surface area contributed by atoms with Gasteiger partial charge in [-0.25, -0.2) is 0 Å². The predicted molar refractivity (Wildman–Crippen MR) is 56.9 cm³/mol. The van der Waals surface area contributed by atoms with E-state index in [1.165, 1.54) is 32.1 Å². The number of carbonyl (C=O) groups excluding carboxylic acids is 1. The summed E-state index contributed by atoms with van der Waals surface area (Å²) < 4.78 is 0. The summed E-state index contributed by atoms with van der Waals surface area (Å²) in [5, 5.41) is 0. The van der Waals surface area contributed by atoms with Crippen molar-refractivity contribution < 1.29 is 4.79 Å². The molecule has 2 fully saturated rings. The lowest BCUT2D eigenvalue weighted by molar-refractivity contribution is -0.133. The molecule has 80 valence electrons. The Morgan fingerprint density at radius 1 is 1.21 bits per heavy atom. The van der Waals surface area contributed by atoms with E-state index in [0.717, 1.165) is 24.9 Å². The number of nitrogens with zero attached hydrogens (tertiary/aromatic N) is 1. The van der Waals surface area contributed by atoms with E-state index in [-0.39, 0.29) is 0 Å². The summed E-state index contributed by atoms with van der Waals surface area (Å²) in [5.41, 5.74) is 0. The van der Waals surface area contributed by atoms with Crippen molar-refractivity contribution in [3.8, 4) is 0 Å². The van der Waals surface area contributed by atoms with Crippen molar-refractivity contribution >= 4 is 5.91 Å². The molecule has 1 aliphatic carbocycles. The van der Waals surface area contributed by atoms with Crippen LogP contribution >= 0.6 is 0 Å². The lowest BCUT2D eigenvalue weighted by Gasteiger charge is -2.41. The Morgan fingerprint density at radius 3 is 2.64 bits per heavy atom. The van der Waals surface area contributed by atoms with Gasteiger partial charge < -0.3 is 4.90 Å². The highest BCUT2D eigenvalue weighted by molar-refractivity contribution is 5.75. The van der Waals surface area contributed by atoms with Crippen LogP contribution in [-0.2, 0) is 4.79 Å². The summed E-state index contributed by atoms with van der Waals surface area (Å²) in [6, 6.07) is 0. The first-order valence-electron chi connectivity index (χ1n) is 6.09. The molecule has 0 aromatic carbocycles. The highest BCUT2D eigenvalue weighted by Gasteiger charge is 2.32. The van der Waals surface area contributed by atoms with Gasteiger partial charge >= 0.3 is 0 Å². The lowest BCUT2D eigenvalue weighted by Crippen LogP contribution is -2.44. The number of hydrogen-bond donors (Lipinski definition) is 0. The standard InChI is InChI=1S/C12H21NO/c1-2-12(14)13-8-7-10-5-3-4-6-11(10)9-13/h10-11H,2-9H2,1H3/t10-,11+/m0/s1. The van der Waals surface area contributed by atoms with E-state index in [0.29, 0.717) is 12.3 Å². The fourth-order valence-corrected chi connectivity index (χ4v) is 3.05. The second-order valence-corrected chi connectivity index (χ2v) is 4.79. The minimum absolute atomic E-state index is 0.356. The lowest BCUT2D eigenvalue weighted by atomic mass is 9.75. The number of piperidine rings is 1. The van der Waals surface area contributed by atoms with Crippen LogP contribution in [0.1, 0.15) is 45.4 Å². The van der Waals surface area contributed by atoms with Crippen LogP contribution < -0.4 is 0 Å². The molecule has 14 heavy (non-hydrogen) atoms. The average Bonchev–Trinajstić information content (AvgIpc) is 2.27. The summed E-state index contributed by atoms with van der Waals surface area (Å²) in [5.74, 6) is 2.12. The van der Waals surface area contributed by atoms with Crippen LogP contribution in [0.2, 0.25) is 0 Å². The molecule has 0 unspecified atom stereocenters. The number of likely N-dealkylation sites (tertiary alicyclic amines) is 1. The maximum atomic E-state index is 11.6. The van der Waals surface area contributed by atoms with Crippen molar-refractivity contribution in [3.05, 3.63) is 0 Å². The molecule has 0 N–H and O–H groups in total. The van der Waals surface area contributed by atoms with E-state index in [9.17, 15) is 4.79 Å². The quantitative estimate of drug-likeness (QED) is 0.629. The molecule has 2 rings (SSSR count). The summed E-state index contributed by atoms with van der Waals surface area (Å²) in [6.45, 7) is 4.04. The molecule has 2 atom stereocenters. The smallest absolute Gasteiger partial charge is 0.222 e. The van der Waals surface area contributed by atoms with Crippen LogP contribution in [0.15, 0.2) is 0 Å². The third-order valence-corrected chi connectivity index (χ3v) is 3.95. The molecule has 1 saturated carbocycles. The van der Waals surface area contributed by atoms with E-state index in [1.54, 1.807) is 0 Å². The molecule has 2 aliphatic rings. The molecule has 0 radical (unpaired) electrons. The predicted octanol–water partition coefficient (Wildman–Crippen LogP) is 2.44. The molecule has 0 bridgehead atoms. The number of hydrogen-bond acceptors (Lipinski definition) is 1. The zero-order valence-electron chi connectivity index (χ0n) is 9.17. The first-order chi connectivity index (χ1) is 6.81. The zero-order valence-corrected chi connectivity index (χ0v) is 9.17. The molecule has 2 nitrogen and oxygen atoms in total. The summed E-state index contributed by atoms with van der Waals surface area (Å²) in [4.78, 5) is 13.7. The van der Waals surface area contributed by atoms with Gasteiger partial charge in [0, 0.05) is 19.5 Å². The van der Waals surface area contributed by atoms with Crippen LogP contribution in [-0.4, -0.2) is 23.9 Å². The molecule has 1 amide bonds. The molecule has 1 heterocycles. The van der Waals surface area contributed by atoms with Gasteiger partial charge in [-0.2, -0.15) is 0 Å².